The van der Waals surface area contributed by atoms with E-state index in [0.717, 1.165) is 29.9 Å². The maximum Gasteiger partial charge on any atom is 0.133 e. The third-order valence-electron chi connectivity index (χ3n) is 2.67. The fourth-order valence-electron chi connectivity index (χ4n) is 1.48. The molecule has 1 atom stereocenters. The van der Waals surface area contributed by atoms with Gasteiger partial charge >= 0.3 is 0 Å². The number of nitrogen functional groups attached to an aromatic ring is 1. The van der Waals surface area contributed by atoms with Crippen molar-refractivity contribution in [2.75, 3.05) is 5.73 Å². The van der Waals surface area contributed by atoms with Crippen molar-refractivity contribution in [3.8, 4) is 0 Å². The summed E-state index contributed by atoms with van der Waals surface area (Å²) in [6.07, 6.45) is 1.95. The highest BCUT2D eigenvalue weighted by molar-refractivity contribution is 5.42. The van der Waals surface area contributed by atoms with Crippen molar-refractivity contribution >= 4 is 5.82 Å². The Morgan fingerprint density at radius 2 is 1.93 bits per heavy atom. The number of rotatable bonds is 3. The maximum atomic E-state index is 5.87. The zero-order valence-electron chi connectivity index (χ0n) is 9.46. The Kier molecular flexibility index (Phi) is 3.44. The molecule has 0 bridgehead atoms. The Labute approximate surface area is 85.8 Å². The smallest absolute Gasteiger partial charge is 0.133 e. The minimum absolute atomic E-state index is 0.391. The van der Waals surface area contributed by atoms with Crippen LogP contribution in [0, 0.1) is 6.92 Å². The summed E-state index contributed by atoms with van der Waals surface area (Å²) in [6, 6.07) is 0. The lowest BCUT2D eigenvalue weighted by molar-refractivity contribution is 0.673. The van der Waals surface area contributed by atoms with E-state index < -0.39 is 0 Å². The second-order valence-electron chi connectivity index (χ2n) is 3.69. The van der Waals surface area contributed by atoms with E-state index in [-0.39, 0.29) is 0 Å². The molecule has 0 aliphatic rings. The molecule has 0 saturated heterocycles. The molecule has 0 spiro atoms. The lowest BCUT2D eigenvalue weighted by atomic mass is 10.1. The number of nitrogens with two attached hydrogens (primary N) is 1. The Morgan fingerprint density at radius 1 is 1.29 bits per heavy atom. The number of aromatic nitrogens is 2. The van der Waals surface area contributed by atoms with Crippen molar-refractivity contribution in [2.45, 2.75) is 46.5 Å². The molecule has 1 rings (SSSR count). The highest BCUT2D eigenvalue weighted by Gasteiger charge is 2.11. The van der Waals surface area contributed by atoms with Gasteiger partial charge in [-0.15, -0.1) is 0 Å². The molecule has 2 N–H and O–H groups in total. The summed E-state index contributed by atoms with van der Waals surface area (Å²) in [5, 5.41) is 0. The summed E-state index contributed by atoms with van der Waals surface area (Å²) in [4.78, 5) is 8.83. The van der Waals surface area contributed by atoms with E-state index in [4.69, 9.17) is 5.73 Å². The fourth-order valence-corrected chi connectivity index (χ4v) is 1.48. The molecule has 0 aromatic carbocycles. The van der Waals surface area contributed by atoms with Crippen LogP contribution in [0.4, 0.5) is 5.82 Å². The second kappa shape index (κ2) is 4.40. The van der Waals surface area contributed by atoms with Gasteiger partial charge in [0.05, 0.1) is 0 Å². The van der Waals surface area contributed by atoms with E-state index >= 15 is 0 Å². The van der Waals surface area contributed by atoms with Crippen molar-refractivity contribution < 1.29 is 0 Å². The van der Waals surface area contributed by atoms with Crippen molar-refractivity contribution in [1.29, 1.82) is 0 Å². The Balaban J connectivity index is 3.13. The summed E-state index contributed by atoms with van der Waals surface area (Å²) < 4.78 is 0. The first-order valence-electron chi connectivity index (χ1n) is 5.23. The molecule has 1 heterocycles. The van der Waals surface area contributed by atoms with E-state index in [1.165, 1.54) is 0 Å². The van der Waals surface area contributed by atoms with E-state index in [9.17, 15) is 0 Å². The first-order chi connectivity index (χ1) is 6.60. The van der Waals surface area contributed by atoms with Crippen LogP contribution in [0.25, 0.3) is 0 Å². The van der Waals surface area contributed by atoms with Crippen LogP contribution in [0.1, 0.15) is 50.2 Å². The Hall–Kier alpha value is -1.12. The highest BCUT2D eigenvalue weighted by Crippen LogP contribution is 2.19. The van der Waals surface area contributed by atoms with Crippen LogP contribution in [0.5, 0.6) is 0 Å². The molecule has 78 valence electrons. The van der Waals surface area contributed by atoms with Crippen LogP contribution in [0.2, 0.25) is 0 Å². The number of hydrogen-bond donors (Lipinski definition) is 1. The lowest BCUT2D eigenvalue weighted by Crippen LogP contribution is -2.08. The molecule has 1 aromatic rings. The van der Waals surface area contributed by atoms with Gasteiger partial charge in [-0.25, -0.2) is 9.97 Å². The predicted molar refractivity (Wildman–Crippen MR) is 59.3 cm³/mol. The summed E-state index contributed by atoms with van der Waals surface area (Å²) in [5.74, 6) is 1.91. The van der Waals surface area contributed by atoms with Gasteiger partial charge < -0.3 is 5.73 Å². The molecule has 1 unspecified atom stereocenters. The molecule has 14 heavy (non-hydrogen) atoms. The minimum atomic E-state index is 0.391. The topological polar surface area (TPSA) is 51.8 Å². The Bertz CT molecular complexity index is 297. The zero-order chi connectivity index (χ0) is 10.7. The van der Waals surface area contributed by atoms with Crippen LogP contribution in [0.15, 0.2) is 0 Å². The van der Waals surface area contributed by atoms with Gasteiger partial charge in [0.1, 0.15) is 11.6 Å². The van der Waals surface area contributed by atoms with Crippen LogP contribution >= 0.6 is 0 Å². The van der Waals surface area contributed by atoms with Gasteiger partial charge in [0, 0.05) is 17.2 Å². The molecule has 0 amide bonds. The molecule has 0 radical (unpaired) electrons. The largest absolute Gasteiger partial charge is 0.383 e. The summed E-state index contributed by atoms with van der Waals surface area (Å²) in [7, 11) is 0. The van der Waals surface area contributed by atoms with Gasteiger partial charge in [-0.05, 0) is 19.8 Å². The summed E-state index contributed by atoms with van der Waals surface area (Å²) >= 11 is 0. The van der Waals surface area contributed by atoms with Crippen LogP contribution in [-0.2, 0) is 6.42 Å². The second-order valence-corrected chi connectivity index (χ2v) is 3.69. The van der Waals surface area contributed by atoms with Gasteiger partial charge in [0.2, 0.25) is 0 Å². The monoisotopic (exact) mass is 193 g/mol. The molecule has 0 saturated carbocycles. The van der Waals surface area contributed by atoms with Gasteiger partial charge in [0.15, 0.2) is 0 Å². The molecule has 1 aromatic heterocycles. The normalized spacial score (nSPS) is 12.9. The SMILES string of the molecule is CCc1c(C)nc(C(C)CC)nc1N. The van der Waals surface area contributed by atoms with Gasteiger partial charge in [-0.2, -0.15) is 0 Å². The minimum Gasteiger partial charge on any atom is -0.383 e. The Morgan fingerprint density at radius 3 is 2.36 bits per heavy atom. The number of nitrogens with zero attached hydrogens (tertiary/aromatic N) is 2. The van der Waals surface area contributed by atoms with Crippen molar-refractivity contribution in [2.24, 2.45) is 0 Å². The molecular weight excluding hydrogens is 174 g/mol. The van der Waals surface area contributed by atoms with E-state index in [1.54, 1.807) is 0 Å². The van der Waals surface area contributed by atoms with Crippen LogP contribution in [-0.4, -0.2) is 9.97 Å². The molecule has 0 fully saturated rings. The first-order valence-corrected chi connectivity index (χ1v) is 5.23. The number of anilines is 1. The van der Waals surface area contributed by atoms with Crippen LogP contribution < -0.4 is 5.73 Å². The quantitative estimate of drug-likeness (QED) is 0.802. The lowest BCUT2D eigenvalue weighted by Gasteiger charge is -2.12. The maximum absolute atomic E-state index is 5.87. The standard InChI is InChI=1S/C11H19N3/c1-5-7(3)11-13-8(4)9(6-2)10(12)14-11/h7H,5-6H2,1-4H3,(H2,12,13,14). The molecule has 3 heteroatoms. The molecule has 0 aliphatic carbocycles. The van der Waals surface area contributed by atoms with Gasteiger partial charge in [-0.1, -0.05) is 20.8 Å². The van der Waals surface area contributed by atoms with E-state index in [0.29, 0.717) is 11.7 Å². The average Bonchev–Trinajstić information content (AvgIpc) is 2.16. The number of aryl methyl sites for hydroxylation is 1. The molecular formula is C11H19N3. The van der Waals surface area contributed by atoms with Crippen molar-refractivity contribution in [3.05, 3.63) is 17.1 Å². The third-order valence-corrected chi connectivity index (χ3v) is 2.67. The van der Waals surface area contributed by atoms with E-state index in [2.05, 4.69) is 30.7 Å². The molecule has 3 nitrogen and oxygen atoms in total. The number of hydrogen-bond acceptors (Lipinski definition) is 3. The van der Waals surface area contributed by atoms with Crippen molar-refractivity contribution in [1.82, 2.24) is 9.97 Å². The van der Waals surface area contributed by atoms with Crippen molar-refractivity contribution in [3.63, 3.8) is 0 Å². The van der Waals surface area contributed by atoms with E-state index in [1.807, 2.05) is 6.92 Å². The fraction of sp³-hybridized carbons (Fsp3) is 0.636. The highest BCUT2D eigenvalue weighted by atomic mass is 15.0. The summed E-state index contributed by atoms with van der Waals surface area (Å²) in [5.41, 5.74) is 7.98. The molecule has 0 aliphatic heterocycles. The third kappa shape index (κ3) is 2.03. The predicted octanol–water partition coefficient (Wildman–Crippen LogP) is 2.44. The van der Waals surface area contributed by atoms with Crippen LogP contribution in [0.3, 0.4) is 0 Å². The average molecular weight is 193 g/mol. The summed E-state index contributed by atoms with van der Waals surface area (Å²) in [6.45, 7) is 8.33. The zero-order valence-corrected chi connectivity index (χ0v) is 9.46. The first kappa shape index (κ1) is 11.0. The van der Waals surface area contributed by atoms with Gasteiger partial charge in [0.25, 0.3) is 0 Å². The van der Waals surface area contributed by atoms with Gasteiger partial charge in [-0.3, -0.25) is 0 Å².